The number of carbonyl (C=O) groups excluding carboxylic acids is 4. The van der Waals surface area contributed by atoms with Crippen LogP contribution in [0.5, 0.6) is 11.5 Å². The summed E-state index contributed by atoms with van der Waals surface area (Å²) >= 11 is 0. The molecule has 1 aromatic carbocycles. The molecule has 3 unspecified atom stereocenters. The molecule has 0 aromatic heterocycles. The number of piperidine rings is 1. The van der Waals surface area contributed by atoms with Crippen LogP contribution in [0.4, 0.5) is 4.79 Å². The fourth-order valence-electron chi connectivity index (χ4n) is 8.06. The third-order valence-corrected chi connectivity index (χ3v) is 10.3. The first-order valence-electron chi connectivity index (χ1n) is 16.3. The van der Waals surface area contributed by atoms with E-state index in [1.165, 1.54) is 18.7 Å². The maximum atomic E-state index is 13.3. The predicted octanol–water partition coefficient (Wildman–Crippen LogP) is 2.35. The molecule has 2 bridgehead atoms. The monoisotopic (exact) mass is 655 g/mol. The molecule has 256 valence electrons. The molecule has 1 spiro atoms. The van der Waals surface area contributed by atoms with Gasteiger partial charge in [0.2, 0.25) is 5.91 Å². The number of nitrogens with zero attached hydrogens (tertiary/aromatic N) is 2. The van der Waals surface area contributed by atoms with E-state index in [-0.39, 0.29) is 18.2 Å². The minimum Gasteiger partial charge on any atom is -0.493 e. The number of amides is 2. The van der Waals surface area contributed by atoms with E-state index in [4.69, 9.17) is 23.7 Å². The van der Waals surface area contributed by atoms with Crippen molar-refractivity contribution in [3.8, 4) is 11.5 Å². The Labute approximate surface area is 274 Å². The lowest BCUT2D eigenvalue weighted by Gasteiger charge is -2.61. The molecular weight excluding hydrogens is 610 g/mol. The van der Waals surface area contributed by atoms with Crippen LogP contribution in [0.25, 0.3) is 0 Å². The summed E-state index contributed by atoms with van der Waals surface area (Å²) in [6, 6.07) is 1.84. The smallest absolute Gasteiger partial charge is 0.410 e. The standard InChI is InChI=1S/C34H45N3O10/c1-18(35-28(38)21-9-8-15-37(21)31(41)47-32(3,4)5)29(39)44-19(2)30(40)45-23-12-13-34(42)24-17-20-10-11-22(43-7)26-25(20)33(34,27(23)46-26)14-16-36(24)6/h10-12,18-19,21,24,27,42H,8-9,13-17H2,1-7H3,(H,35,38)/t18?,19?,21?,24-,27+,33+,34-/m1/s1. The molecule has 13 nitrogen and oxygen atoms in total. The maximum absolute atomic E-state index is 13.3. The summed E-state index contributed by atoms with van der Waals surface area (Å²) in [7, 11) is 3.58. The lowest BCUT2D eigenvalue weighted by molar-refractivity contribution is -0.176. The Bertz CT molecular complexity index is 1520. The van der Waals surface area contributed by atoms with E-state index in [9.17, 15) is 24.3 Å². The van der Waals surface area contributed by atoms with Crippen LogP contribution in [0.2, 0.25) is 0 Å². The molecule has 47 heavy (non-hydrogen) atoms. The van der Waals surface area contributed by atoms with Gasteiger partial charge in [-0.1, -0.05) is 6.07 Å². The Balaban J connectivity index is 1.12. The van der Waals surface area contributed by atoms with Crippen LogP contribution in [0.15, 0.2) is 24.0 Å². The average molecular weight is 656 g/mol. The summed E-state index contributed by atoms with van der Waals surface area (Å²) < 4.78 is 28.9. The summed E-state index contributed by atoms with van der Waals surface area (Å²) in [5.74, 6) is -0.811. The van der Waals surface area contributed by atoms with Crippen molar-refractivity contribution in [3.63, 3.8) is 0 Å². The van der Waals surface area contributed by atoms with Crippen molar-refractivity contribution in [2.24, 2.45) is 0 Å². The van der Waals surface area contributed by atoms with Gasteiger partial charge in [-0.3, -0.25) is 9.69 Å². The Morgan fingerprint density at radius 2 is 1.87 bits per heavy atom. The van der Waals surface area contributed by atoms with Crippen LogP contribution in [0.1, 0.15) is 71.4 Å². The molecule has 2 aliphatic carbocycles. The topological polar surface area (TPSA) is 153 Å². The zero-order valence-electron chi connectivity index (χ0n) is 28.1. The molecular formula is C34H45N3O10. The van der Waals surface area contributed by atoms with Gasteiger partial charge in [-0.2, -0.15) is 0 Å². The van der Waals surface area contributed by atoms with Crippen molar-refractivity contribution >= 4 is 23.9 Å². The summed E-state index contributed by atoms with van der Waals surface area (Å²) in [5.41, 5.74) is -0.741. The van der Waals surface area contributed by atoms with Crippen LogP contribution in [-0.4, -0.2) is 108 Å². The SMILES string of the molecule is COc1ccc2c3c1O[C@H]1C(OC(=O)C(C)OC(=O)C(C)NC(=O)C4CCCN4C(=O)OC(C)(C)C)=CC[C@@]4(O)[C@@H](C2)N(C)CC[C@]314. The molecule has 3 heterocycles. The number of rotatable bonds is 7. The van der Waals surface area contributed by atoms with E-state index < -0.39 is 64.8 Å². The van der Waals surface area contributed by atoms with Crippen molar-refractivity contribution in [1.29, 1.82) is 0 Å². The second-order valence-electron chi connectivity index (χ2n) is 14.3. The number of likely N-dealkylation sites (N-methyl/N-ethyl adjacent to an activating group) is 1. The van der Waals surface area contributed by atoms with Gasteiger partial charge in [-0.15, -0.1) is 0 Å². The number of carbonyl (C=O) groups is 4. The highest BCUT2D eigenvalue weighted by Crippen LogP contribution is 2.65. The summed E-state index contributed by atoms with van der Waals surface area (Å²) in [5, 5.41) is 15.0. The number of likely N-dealkylation sites (tertiary alicyclic amines) is 2. The first kappa shape index (κ1) is 33.1. The molecule has 5 aliphatic rings. The number of aliphatic hydroxyl groups is 1. The number of benzene rings is 1. The molecule has 0 radical (unpaired) electrons. The normalized spacial score (nSPS) is 30.3. The largest absolute Gasteiger partial charge is 0.493 e. The number of esters is 2. The Morgan fingerprint density at radius 1 is 1.13 bits per heavy atom. The van der Waals surface area contributed by atoms with Crippen LogP contribution in [0, 0.1) is 0 Å². The molecule has 2 amide bonds. The van der Waals surface area contributed by atoms with E-state index in [0.29, 0.717) is 43.7 Å². The highest BCUT2D eigenvalue weighted by Gasteiger charge is 2.72. The first-order valence-corrected chi connectivity index (χ1v) is 16.3. The molecule has 2 fully saturated rings. The predicted molar refractivity (Wildman–Crippen MR) is 167 cm³/mol. The van der Waals surface area contributed by atoms with Gasteiger partial charge in [-0.05, 0) is 91.6 Å². The van der Waals surface area contributed by atoms with Crippen molar-refractivity contribution in [2.45, 2.75) is 114 Å². The minimum atomic E-state index is -1.31. The van der Waals surface area contributed by atoms with Gasteiger partial charge in [0.1, 0.15) is 23.4 Å². The van der Waals surface area contributed by atoms with Gasteiger partial charge in [0.25, 0.3) is 0 Å². The molecule has 3 aliphatic heterocycles. The molecule has 13 heteroatoms. The molecule has 7 atom stereocenters. The molecule has 0 saturated carbocycles. The number of hydrogen-bond donors (Lipinski definition) is 2. The van der Waals surface area contributed by atoms with E-state index in [2.05, 4.69) is 10.2 Å². The van der Waals surface area contributed by atoms with Gasteiger partial charge >= 0.3 is 18.0 Å². The highest BCUT2D eigenvalue weighted by atomic mass is 16.6. The maximum Gasteiger partial charge on any atom is 0.410 e. The second-order valence-corrected chi connectivity index (χ2v) is 14.3. The number of methoxy groups -OCH3 is 1. The fourth-order valence-corrected chi connectivity index (χ4v) is 8.06. The molecule has 2 N–H and O–H groups in total. The van der Waals surface area contributed by atoms with E-state index in [1.807, 2.05) is 19.2 Å². The van der Waals surface area contributed by atoms with Gasteiger partial charge in [0.15, 0.2) is 23.7 Å². The first-order chi connectivity index (χ1) is 22.1. The summed E-state index contributed by atoms with van der Waals surface area (Å²) in [6.07, 6.45) is 1.55. The molecule has 2 saturated heterocycles. The highest BCUT2D eigenvalue weighted by molar-refractivity contribution is 5.90. The van der Waals surface area contributed by atoms with Crippen molar-refractivity contribution in [2.75, 3.05) is 27.2 Å². The number of ether oxygens (including phenoxy) is 5. The van der Waals surface area contributed by atoms with Crippen molar-refractivity contribution in [3.05, 3.63) is 35.1 Å². The second kappa shape index (κ2) is 11.7. The third kappa shape index (κ3) is 5.31. The van der Waals surface area contributed by atoms with Crippen LogP contribution >= 0.6 is 0 Å². The summed E-state index contributed by atoms with van der Waals surface area (Å²) in [6.45, 7) is 9.17. The lowest BCUT2D eigenvalue weighted by Crippen LogP contribution is -2.74. The molecule has 6 rings (SSSR count). The number of nitrogens with one attached hydrogen (secondary N) is 1. The van der Waals surface area contributed by atoms with Crippen LogP contribution in [-0.2, 0) is 40.4 Å². The lowest BCUT2D eigenvalue weighted by atomic mass is 9.50. The third-order valence-electron chi connectivity index (χ3n) is 10.3. The zero-order chi connectivity index (χ0) is 34.1. The van der Waals surface area contributed by atoms with Crippen molar-refractivity contribution in [1.82, 2.24) is 15.1 Å². The van der Waals surface area contributed by atoms with Crippen molar-refractivity contribution < 1.29 is 48.0 Å². The van der Waals surface area contributed by atoms with E-state index in [1.54, 1.807) is 34.0 Å². The van der Waals surface area contributed by atoms with E-state index in [0.717, 1.165) is 17.7 Å². The van der Waals surface area contributed by atoms with Gasteiger partial charge in [0, 0.05) is 24.6 Å². The average Bonchev–Trinajstić information content (AvgIpc) is 3.63. The Kier molecular flexibility index (Phi) is 8.23. The Morgan fingerprint density at radius 3 is 2.57 bits per heavy atom. The fraction of sp³-hybridized carbons (Fsp3) is 0.647. The zero-order valence-corrected chi connectivity index (χ0v) is 28.1. The molecule has 1 aromatic rings. The van der Waals surface area contributed by atoms with Gasteiger partial charge in [0.05, 0.1) is 18.1 Å². The Hall–Kier alpha value is -3.84. The van der Waals surface area contributed by atoms with Gasteiger partial charge in [-0.25, -0.2) is 14.4 Å². The van der Waals surface area contributed by atoms with Crippen LogP contribution < -0.4 is 14.8 Å². The van der Waals surface area contributed by atoms with E-state index >= 15 is 0 Å². The minimum absolute atomic E-state index is 0.153. The summed E-state index contributed by atoms with van der Waals surface area (Å²) in [4.78, 5) is 55.5. The van der Waals surface area contributed by atoms with Crippen LogP contribution in [0.3, 0.4) is 0 Å². The van der Waals surface area contributed by atoms with Gasteiger partial charge < -0.3 is 39.0 Å². The quantitative estimate of drug-likeness (QED) is 0.329. The number of hydrogen-bond acceptors (Lipinski definition) is 11.